The summed E-state index contributed by atoms with van der Waals surface area (Å²) in [6.07, 6.45) is 0.473. The van der Waals surface area contributed by atoms with Gasteiger partial charge in [0.05, 0.1) is 27.9 Å². The molecule has 1 heterocycles. The first-order valence-electron chi connectivity index (χ1n) is 12.1. The topological polar surface area (TPSA) is 142 Å². The van der Waals surface area contributed by atoms with Crippen LogP contribution in [0.4, 0.5) is 33.6 Å². The Labute approximate surface area is 252 Å². The first-order valence-corrected chi connectivity index (χ1v) is 14.4. The zero-order valence-corrected chi connectivity index (χ0v) is 23.9. The third-order valence-corrected chi connectivity index (χ3v) is 7.86. The third kappa shape index (κ3) is 9.65. The fraction of sp³-hybridized carbons (Fsp3) is 0.269. The molecule has 1 saturated carbocycles. The Morgan fingerprint density at radius 1 is 1.00 bits per heavy atom. The van der Waals surface area contributed by atoms with E-state index in [0.717, 1.165) is 31.0 Å². The van der Waals surface area contributed by atoms with Crippen molar-refractivity contribution in [1.29, 1.82) is 0 Å². The van der Waals surface area contributed by atoms with E-state index in [-0.39, 0.29) is 27.1 Å². The second kappa shape index (κ2) is 14.2. The first-order chi connectivity index (χ1) is 20.1. The number of aliphatic carboxylic acids is 1. The van der Waals surface area contributed by atoms with Crippen molar-refractivity contribution in [3.05, 3.63) is 75.5 Å². The number of hydrogen-bond donors (Lipinski definition) is 4. The number of carboxylic acids is 1. The maximum atomic E-state index is 15.0. The molecule has 43 heavy (non-hydrogen) atoms. The lowest BCUT2D eigenvalue weighted by Gasteiger charge is -2.25. The average molecular weight is 667 g/mol. The number of aliphatic hydroxyl groups is 1. The molecule has 17 heteroatoms. The van der Waals surface area contributed by atoms with Gasteiger partial charge in [0.1, 0.15) is 10.7 Å². The van der Waals surface area contributed by atoms with Crippen molar-refractivity contribution in [1.82, 2.24) is 9.97 Å². The fourth-order valence-corrected chi connectivity index (χ4v) is 5.46. The van der Waals surface area contributed by atoms with E-state index in [1.807, 2.05) is 0 Å². The standard InChI is InChI=1S/C24H20Cl2F2N4O3S.C2HF3O2/c25-15-2-8-19(26)22(11-15)36(34,35)32-21-10-9-20(27)18(23(21)28)7-1-14-12-29-24(30-13-14)31-16-3-5-17(33)6-4-16;3-2(4,5)1(6)7/h2,8-13,16-17,32-33H,3-6H2,(H,29,30,31);(H,6,7). The van der Waals surface area contributed by atoms with E-state index in [4.69, 9.17) is 33.1 Å². The zero-order valence-electron chi connectivity index (χ0n) is 21.6. The van der Waals surface area contributed by atoms with E-state index >= 15 is 4.39 Å². The maximum Gasteiger partial charge on any atom is 0.490 e. The van der Waals surface area contributed by atoms with Crippen LogP contribution in [0.3, 0.4) is 0 Å². The number of nitrogens with one attached hydrogen (secondary N) is 2. The molecule has 0 amide bonds. The van der Waals surface area contributed by atoms with Gasteiger partial charge in [0.15, 0.2) is 5.82 Å². The highest BCUT2D eigenvalue weighted by molar-refractivity contribution is 7.92. The van der Waals surface area contributed by atoms with E-state index < -0.39 is 45.1 Å². The number of sulfonamides is 1. The number of alkyl halides is 3. The minimum Gasteiger partial charge on any atom is -0.475 e. The number of benzene rings is 2. The summed E-state index contributed by atoms with van der Waals surface area (Å²) in [6, 6.07) is 5.81. The molecule has 1 aliphatic carbocycles. The summed E-state index contributed by atoms with van der Waals surface area (Å²) in [4.78, 5) is 16.9. The molecule has 230 valence electrons. The van der Waals surface area contributed by atoms with Gasteiger partial charge in [0, 0.05) is 23.5 Å². The van der Waals surface area contributed by atoms with Gasteiger partial charge in [-0.25, -0.2) is 32.0 Å². The van der Waals surface area contributed by atoms with E-state index in [0.29, 0.717) is 24.4 Å². The summed E-state index contributed by atoms with van der Waals surface area (Å²) in [6.45, 7) is 0. The Balaban J connectivity index is 0.000000646. The smallest absolute Gasteiger partial charge is 0.475 e. The van der Waals surface area contributed by atoms with E-state index in [1.165, 1.54) is 24.5 Å². The van der Waals surface area contributed by atoms with Crippen LogP contribution in [0.25, 0.3) is 0 Å². The first kappa shape index (κ1) is 33.8. The van der Waals surface area contributed by atoms with Crippen LogP contribution < -0.4 is 10.0 Å². The molecule has 0 atom stereocenters. The molecule has 0 aliphatic heterocycles. The Kier molecular flexibility index (Phi) is 11.1. The van der Waals surface area contributed by atoms with Crippen molar-refractivity contribution < 1.29 is 45.4 Å². The maximum absolute atomic E-state index is 15.0. The molecule has 0 unspecified atom stereocenters. The molecule has 0 radical (unpaired) electrons. The summed E-state index contributed by atoms with van der Waals surface area (Å²) in [5.41, 5.74) is -0.837. The van der Waals surface area contributed by atoms with Crippen molar-refractivity contribution in [2.45, 2.75) is 48.9 Å². The van der Waals surface area contributed by atoms with Crippen molar-refractivity contribution in [3.63, 3.8) is 0 Å². The number of anilines is 2. The van der Waals surface area contributed by atoms with Crippen molar-refractivity contribution in [3.8, 4) is 11.8 Å². The average Bonchev–Trinajstić information content (AvgIpc) is 2.93. The number of hydrogen-bond acceptors (Lipinski definition) is 7. The summed E-state index contributed by atoms with van der Waals surface area (Å²) in [7, 11) is -4.32. The van der Waals surface area contributed by atoms with Gasteiger partial charge in [-0.3, -0.25) is 4.72 Å². The number of aromatic nitrogens is 2. The molecule has 9 nitrogen and oxygen atoms in total. The number of nitrogens with zero attached hydrogens (tertiary/aromatic N) is 2. The van der Waals surface area contributed by atoms with E-state index in [2.05, 4.69) is 31.8 Å². The largest absolute Gasteiger partial charge is 0.490 e. The van der Waals surface area contributed by atoms with Crippen molar-refractivity contribution >= 4 is 50.8 Å². The van der Waals surface area contributed by atoms with Gasteiger partial charge in [0.2, 0.25) is 5.95 Å². The molecule has 0 spiro atoms. The van der Waals surface area contributed by atoms with Crippen LogP contribution in [-0.2, 0) is 14.8 Å². The summed E-state index contributed by atoms with van der Waals surface area (Å²) >= 11 is 11.8. The van der Waals surface area contributed by atoms with Gasteiger partial charge in [-0.2, -0.15) is 13.2 Å². The predicted octanol–water partition coefficient (Wildman–Crippen LogP) is 5.61. The number of aliphatic hydroxyl groups excluding tert-OH is 1. The summed E-state index contributed by atoms with van der Waals surface area (Å²) in [5, 5.41) is 19.9. The quantitative estimate of drug-likeness (QED) is 0.203. The number of halogens is 7. The number of carboxylic acid groups (broad SMARTS) is 1. The Hall–Kier alpha value is -3.71. The third-order valence-electron chi connectivity index (χ3n) is 5.77. The predicted molar refractivity (Wildman–Crippen MR) is 147 cm³/mol. The second-order valence-corrected chi connectivity index (χ2v) is 11.5. The molecule has 3 aromatic rings. The molecule has 4 N–H and O–H groups in total. The highest BCUT2D eigenvalue weighted by Gasteiger charge is 2.38. The number of carbonyl (C=O) groups is 1. The second-order valence-electron chi connectivity index (χ2n) is 8.96. The zero-order chi connectivity index (χ0) is 31.9. The molecular weight excluding hydrogens is 646 g/mol. The van der Waals surface area contributed by atoms with Crippen molar-refractivity contribution in [2.24, 2.45) is 0 Å². The fourth-order valence-electron chi connectivity index (χ4n) is 3.63. The molecule has 0 bridgehead atoms. The van der Waals surface area contributed by atoms with Crippen LogP contribution >= 0.6 is 23.2 Å². The highest BCUT2D eigenvalue weighted by atomic mass is 35.5. The normalized spacial score (nSPS) is 16.7. The minimum absolute atomic E-state index is 0.117. The van der Waals surface area contributed by atoms with Gasteiger partial charge in [-0.05, 0) is 56.0 Å². The lowest BCUT2D eigenvalue weighted by atomic mass is 9.93. The monoisotopic (exact) mass is 666 g/mol. The van der Waals surface area contributed by atoms with E-state index in [9.17, 15) is 31.1 Å². The van der Waals surface area contributed by atoms with Gasteiger partial charge >= 0.3 is 12.1 Å². The SMILES string of the molecule is O=C(O)C(F)(F)F.O=S(=O)(Nc1ccc(F)c(C#Cc2cnc(NC3CCC(O)CC3)nc2)c1F)c1cc(Cl)ccc1Cl. The summed E-state index contributed by atoms with van der Waals surface area (Å²) < 4.78 is 88.6. The molecule has 1 fully saturated rings. The molecule has 4 rings (SSSR count). The van der Waals surface area contributed by atoms with Crippen LogP contribution in [0, 0.1) is 23.5 Å². The van der Waals surface area contributed by atoms with Gasteiger partial charge in [-0.1, -0.05) is 35.0 Å². The van der Waals surface area contributed by atoms with Crippen LogP contribution in [0.15, 0.2) is 47.6 Å². The lowest BCUT2D eigenvalue weighted by Crippen LogP contribution is -2.28. The molecular formula is C26H21Cl2F5N4O5S. The number of rotatable bonds is 5. The Morgan fingerprint density at radius 2 is 1.60 bits per heavy atom. The summed E-state index contributed by atoms with van der Waals surface area (Å²) in [5.74, 6) is 0.431. The van der Waals surface area contributed by atoms with Crippen LogP contribution in [0.5, 0.6) is 0 Å². The Morgan fingerprint density at radius 3 is 2.19 bits per heavy atom. The van der Waals surface area contributed by atoms with Gasteiger partial charge in [0.25, 0.3) is 10.0 Å². The van der Waals surface area contributed by atoms with Crippen molar-refractivity contribution in [2.75, 3.05) is 10.0 Å². The van der Waals surface area contributed by atoms with Crippen LogP contribution in [-0.4, -0.2) is 52.9 Å². The van der Waals surface area contributed by atoms with Gasteiger partial charge < -0.3 is 15.5 Å². The lowest BCUT2D eigenvalue weighted by molar-refractivity contribution is -0.192. The Bertz CT molecular complexity index is 1640. The molecule has 1 aliphatic rings. The molecule has 1 aromatic heterocycles. The van der Waals surface area contributed by atoms with Crippen LogP contribution in [0.2, 0.25) is 10.0 Å². The van der Waals surface area contributed by atoms with E-state index in [1.54, 1.807) is 0 Å². The van der Waals surface area contributed by atoms with Crippen LogP contribution in [0.1, 0.15) is 36.8 Å². The van der Waals surface area contributed by atoms with Gasteiger partial charge in [-0.15, -0.1) is 0 Å². The minimum atomic E-state index is -5.08. The highest BCUT2D eigenvalue weighted by Crippen LogP contribution is 2.29. The molecule has 2 aromatic carbocycles. The molecule has 0 saturated heterocycles.